The molecular formula is C29H58N5O3+3. The van der Waals surface area contributed by atoms with Gasteiger partial charge in [-0.15, -0.1) is 0 Å². The summed E-state index contributed by atoms with van der Waals surface area (Å²) in [6.45, 7) is 14.5. The summed E-state index contributed by atoms with van der Waals surface area (Å²) >= 11 is 0. The molecular weight excluding hydrogens is 466 g/mol. The van der Waals surface area contributed by atoms with Crippen molar-refractivity contribution in [1.82, 2.24) is 10.6 Å². The summed E-state index contributed by atoms with van der Waals surface area (Å²) in [6, 6.07) is 0. The molecule has 0 heterocycles. The van der Waals surface area contributed by atoms with E-state index in [4.69, 9.17) is 0 Å². The number of carbonyl (C=O) groups excluding carboxylic acids is 3. The van der Waals surface area contributed by atoms with Gasteiger partial charge in [0.1, 0.15) is 0 Å². The number of unbranched alkanes of at least 4 members (excludes halogenated alkanes) is 2. The van der Waals surface area contributed by atoms with Crippen molar-refractivity contribution in [1.29, 1.82) is 0 Å². The van der Waals surface area contributed by atoms with Gasteiger partial charge < -0.3 is 24.1 Å². The maximum Gasteiger partial charge on any atom is 0.243 e. The number of nitrogens with zero attached hydrogens (tertiary/aromatic N) is 3. The van der Waals surface area contributed by atoms with Crippen molar-refractivity contribution >= 4 is 17.6 Å². The standard InChI is InChI=1S/C29H56N5O3/c1-9-27(35)17-11-12-21-32(3,4)22-13-14-23-33(5,6)24-16-20-31-29(37)18-26-34(7,8)25-15-19-30-28(36)10-2/h9-10H,1-2,11-26H2,3-8H3/q+1/p+2. The highest BCUT2D eigenvalue weighted by Gasteiger charge is 2.19. The molecule has 0 spiro atoms. The van der Waals surface area contributed by atoms with Gasteiger partial charge in [-0.25, -0.2) is 0 Å². The monoisotopic (exact) mass is 524 g/mol. The first-order valence-corrected chi connectivity index (χ1v) is 14.0. The van der Waals surface area contributed by atoms with Crippen LogP contribution >= 0.6 is 0 Å². The highest BCUT2D eigenvalue weighted by atomic mass is 16.2. The Labute approximate surface area is 227 Å². The maximum atomic E-state index is 12.3. The summed E-state index contributed by atoms with van der Waals surface area (Å²) in [7, 11) is 13.3. The molecule has 0 bridgehead atoms. The molecule has 0 aliphatic heterocycles. The number of hydrogen-bond donors (Lipinski definition) is 2. The van der Waals surface area contributed by atoms with E-state index in [1.807, 2.05) is 0 Å². The minimum absolute atomic E-state index is 0.116. The Morgan fingerprint density at radius 3 is 1.49 bits per heavy atom. The molecule has 0 rings (SSSR count). The van der Waals surface area contributed by atoms with Crippen LogP contribution in [0.25, 0.3) is 0 Å². The summed E-state index contributed by atoms with van der Waals surface area (Å²) in [5.74, 6) is 0.119. The topological polar surface area (TPSA) is 75.3 Å². The number of carbonyl (C=O) groups is 3. The quantitative estimate of drug-likeness (QED) is 0.123. The molecule has 0 aromatic carbocycles. The van der Waals surface area contributed by atoms with Crippen LogP contribution in [-0.4, -0.2) is 126 Å². The van der Waals surface area contributed by atoms with Crippen LogP contribution in [0, 0.1) is 0 Å². The average Bonchev–Trinajstić information content (AvgIpc) is 2.83. The first-order chi connectivity index (χ1) is 17.2. The molecule has 37 heavy (non-hydrogen) atoms. The van der Waals surface area contributed by atoms with E-state index in [1.54, 1.807) is 0 Å². The van der Waals surface area contributed by atoms with Crippen molar-refractivity contribution in [2.45, 2.75) is 51.4 Å². The van der Waals surface area contributed by atoms with Crippen molar-refractivity contribution in [3.8, 4) is 0 Å². The van der Waals surface area contributed by atoms with Gasteiger partial charge in [-0.1, -0.05) is 13.2 Å². The Balaban J connectivity index is 3.97. The fourth-order valence-electron chi connectivity index (χ4n) is 4.37. The Morgan fingerprint density at radius 1 is 0.568 bits per heavy atom. The first-order valence-electron chi connectivity index (χ1n) is 14.0. The summed E-state index contributed by atoms with van der Waals surface area (Å²) < 4.78 is 2.73. The van der Waals surface area contributed by atoms with E-state index in [0.717, 1.165) is 84.9 Å². The van der Waals surface area contributed by atoms with Crippen molar-refractivity contribution in [3.05, 3.63) is 25.3 Å². The molecule has 0 radical (unpaired) electrons. The van der Waals surface area contributed by atoms with Crippen LogP contribution in [0.4, 0.5) is 0 Å². The van der Waals surface area contributed by atoms with Crippen molar-refractivity contribution in [2.24, 2.45) is 0 Å². The van der Waals surface area contributed by atoms with E-state index in [2.05, 4.69) is 66.1 Å². The molecule has 214 valence electrons. The number of allylic oxidation sites excluding steroid dienone is 1. The number of hydrogen-bond acceptors (Lipinski definition) is 3. The van der Waals surface area contributed by atoms with E-state index in [0.29, 0.717) is 19.4 Å². The molecule has 2 amide bonds. The minimum Gasteiger partial charge on any atom is -0.356 e. The van der Waals surface area contributed by atoms with Gasteiger partial charge in [0, 0.05) is 45.2 Å². The number of ketones is 1. The van der Waals surface area contributed by atoms with Gasteiger partial charge in [0.25, 0.3) is 0 Å². The molecule has 0 saturated carbocycles. The van der Waals surface area contributed by atoms with Crippen molar-refractivity contribution in [3.63, 3.8) is 0 Å². The third-order valence-electron chi connectivity index (χ3n) is 7.07. The Bertz CT molecular complexity index is 716. The second-order valence-corrected chi connectivity index (χ2v) is 12.3. The summed E-state index contributed by atoms with van der Waals surface area (Å²) in [5, 5.41) is 5.88. The van der Waals surface area contributed by atoms with Gasteiger partial charge in [0.15, 0.2) is 5.78 Å². The fourth-order valence-corrected chi connectivity index (χ4v) is 4.37. The van der Waals surface area contributed by atoms with Gasteiger partial charge in [-0.05, 0) is 25.0 Å². The van der Waals surface area contributed by atoms with E-state index >= 15 is 0 Å². The normalized spacial score (nSPS) is 12.2. The predicted octanol–water partition coefficient (Wildman–Crippen LogP) is 2.51. The Morgan fingerprint density at radius 2 is 1.00 bits per heavy atom. The van der Waals surface area contributed by atoms with Gasteiger partial charge in [-0.2, -0.15) is 0 Å². The van der Waals surface area contributed by atoms with Gasteiger partial charge in [0.2, 0.25) is 11.8 Å². The lowest BCUT2D eigenvalue weighted by molar-refractivity contribution is -0.897. The summed E-state index contributed by atoms with van der Waals surface area (Å²) in [6.07, 6.45) is 10.1. The highest BCUT2D eigenvalue weighted by molar-refractivity contribution is 5.88. The summed E-state index contributed by atoms with van der Waals surface area (Å²) in [4.78, 5) is 34.8. The van der Waals surface area contributed by atoms with Crippen LogP contribution in [0.2, 0.25) is 0 Å². The third-order valence-corrected chi connectivity index (χ3v) is 7.07. The Hall–Kier alpha value is -2.03. The van der Waals surface area contributed by atoms with Crippen LogP contribution in [0.5, 0.6) is 0 Å². The Kier molecular flexibility index (Phi) is 17.3. The lowest BCUT2D eigenvalue weighted by Gasteiger charge is -2.32. The molecule has 0 aromatic heterocycles. The largest absolute Gasteiger partial charge is 0.356 e. The molecule has 8 heteroatoms. The van der Waals surface area contributed by atoms with E-state index < -0.39 is 0 Å². The van der Waals surface area contributed by atoms with Crippen LogP contribution in [0.1, 0.15) is 51.4 Å². The van der Waals surface area contributed by atoms with Crippen molar-refractivity contribution in [2.75, 3.05) is 94.6 Å². The molecule has 0 aromatic rings. The third kappa shape index (κ3) is 20.7. The van der Waals surface area contributed by atoms with Gasteiger partial charge >= 0.3 is 0 Å². The predicted molar refractivity (Wildman–Crippen MR) is 154 cm³/mol. The zero-order valence-corrected chi connectivity index (χ0v) is 24.9. The minimum atomic E-state index is -0.142. The number of quaternary nitrogens is 3. The number of nitrogens with one attached hydrogen (secondary N) is 2. The first kappa shape index (κ1) is 35.0. The lowest BCUT2D eigenvalue weighted by atomic mass is 10.1. The lowest BCUT2D eigenvalue weighted by Crippen LogP contribution is -2.45. The zero-order valence-electron chi connectivity index (χ0n) is 24.9. The molecule has 0 aliphatic rings. The van der Waals surface area contributed by atoms with Crippen LogP contribution in [0.15, 0.2) is 25.3 Å². The molecule has 0 aliphatic carbocycles. The van der Waals surface area contributed by atoms with Crippen molar-refractivity contribution < 1.29 is 27.8 Å². The molecule has 0 fully saturated rings. The number of rotatable bonds is 23. The van der Waals surface area contributed by atoms with Gasteiger partial charge in [-0.3, -0.25) is 14.4 Å². The highest BCUT2D eigenvalue weighted by Crippen LogP contribution is 2.09. The van der Waals surface area contributed by atoms with Gasteiger partial charge in [0.05, 0.1) is 88.0 Å². The molecule has 0 unspecified atom stereocenters. The van der Waals surface area contributed by atoms with Crippen LogP contribution in [0.3, 0.4) is 0 Å². The fraction of sp³-hybridized carbons (Fsp3) is 0.759. The SMILES string of the molecule is C=CC(=O)CCCC[N+](C)(C)CCCC[N+](C)(C)CCCNC(=O)CC[N+](C)(C)CCCNC(=O)C=C. The molecule has 0 saturated heterocycles. The van der Waals surface area contributed by atoms with Crippen LogP contribution in [-0.2, 0) is 14.4 Å². The van der Waals surface area contributed by atoms with E-state index in [-0.39, 0.29) is 17.6 Å². The smallest absolute Gasteiger partial charge is 0.243 e. The molecule has 0 atom stereocenters. The number of amides is 2. The van der Waals surface area contributed by atoms with E-state index in [9.17, 15) is 14.4 Å². The molecule has 8 nitrogen and oxygen atoms in total. The maximum absolute atomic E-state index is 12.3. The van der Waals surface area contributed by atoms with Crippen LogP contribution < -0.4 is 10.6 Å². The average molecular weight is 525 g/mol. The van der Waals surface area contributed by atoms with E-state index in [1.165, 1.54) is 25.0 Å². The molecule has 2 N–H and O–H groups in total. The second kappa shape index (κ2) is 18.3. The zero-order chi connectivity index (χ0) is 28.4. The second-order valence-electron chi connectivity index (χ2n) is 12.3. The summed E-state index contributed by atoms with van der Waals surface area (Å²) in [5.41, 5.74) is 0.